The third-order valence-electron chi connectivity index (χ3n) is 2.35. The van der Waals surface area contributed by atoms with Crippen molar-refractivity contribution in [2.75, 3.05) is 6.54 Å². The van der Waals surface area contributed by atoms with Crippen LogP contribution in [-0.2, 0) is 0 Å². The predicted molar refractivity (Wildman–Crippen MR) is 56.5 cm³/mol. The third-order valence-corrected chi connectivity index (χ3v) is 2.63. The summed E-state index contributed by atoms with van der Waals surface area (Å²) in [5.41, 5.74) is 7.35. The summed E-state index contributed by atoms with van der Waals surface area (Å²) in [4.78, 5) is 0. The normalized spacial score (nSPS) is 13.4. The topological polar surface area (TPSA) is 52.0 Å². The molecule has 2 N–H and O–H groups in total. The van der Waals surface area contributed by atoms with Crippen molar-refractivity contribution in [1.29, 1.82) is 0 Å². The zero-order valence-corrected chi connectivity index (χ0v) is 8.58. The number of nitrogens with zero attached hydrogens (tertiary/aromatic N) is 1. The largest absolute Gasteiger partial charge is 0.355 e. The van der Waals surface area contributed by atoms with E-state index in [2.05, 4.69) is 12.1 Å². The molecular formula is C10H11ClN2O. The first-order chi connectivity index (χ1) is 6.72. The lowest BCUT2D eigenvalue weighted by Crippen LogP contribution is -2.08. The van der Waals surface area contributed by atoms with Crippen molar-refractivity contribution in [3.8, 4) is 0 Å². The lowest BCUT2D eigenvalue weighted by molar-refractivity contribution is 0.456. The summed E-state index contributed by atoms with van der Waals surface area (Å²) >= 11 is 6.03. The number of rotatable bonds is 2. The number of benzene rings is 1. The van der Waals surface area contributed by atoms with Crippen molar-refractivity contribution in [1.82, 2.24) is 5.16 Å². The van der Waals surface area contributed by atoms with Crippen LogP contribution in [0, 0.1) is 0 Å². The number of aromatic nitrogens is 1. The maximum atomic E-state index is 6.03. The highest BCUT2D eigenvalue weighted by atomic mass is 35.5. The van der Waals surface area contributed by atoms with E-state index in [-0.39, 0.29) is 0 Å². The van der Waals surface area contributed by atoms with Crippen LogP contribution in [0.15, 0.2) is 22.9 Å². The van der Waals surface area contributed by atoms with Crippen LogP contribution in [-0.4, -0.2) is 11.7 Å². The second kappa shape index (κ2) is 3.59. The Morgan fingerprint density at radius 2 is 2.36 bits per heavy atom. The summed E-state index contributed by atoms with van der Waals surface area (Å²) in [5.74, 6) is 0.298. The van der Waals surface area contributed by atoms with Crippen LogP contribution in [0.1, 0.15) is 18.4 Å². The summed E-state index contributed by atoms with van der Waals surface area (Å²) in [6, 6.07) is 3.89. The number of hydrogen-bond donors (Lipinski definition) is 1. The molecular weight excluding hydrogens is 200 g/mol. The zero-order valence-electron chi connectivity index (χ0n) is 7.83. The number of nitrogens with two attached hydrogens (primary N) is 1. The van der Waals surface area contributed by atoms with Crippen LogP contribution in [0.4, 0.5) is 0 Å². The van der Waals surface area contributed by atoms with Gasteiger partial charge in [-0.2, -0.15) is 0 Å². The van der Waals surface area contributed by atoms with Crippen LogP contribution in [0.25, 0.3) is 11.0 Å². The summed E-state index contributed by atoms with van der Waals surface area (Å²) in [5, 5.41) is 5.21. The van der Waals surface area contributed by atoms with E-state index < -0.39 is 0 Å². The van der Waals surface area contributed by atoms with E-state index in [0.29, 0.717) is 23.1 Å². The van der Waals surface area contributed by atoms with Crippen LogP contribution in [0.2, 0.25) is 5.02 Å². The van der Waals surface area contributed by atoms with Crippen LogP contribution in [0.3, 0.4) is 0 Å². The molecule has 1 heterocycles. The molecule has 1 atom stereocenters. The molecule has 0 radical (unpaired) electrons. The Morgan fingerprint density at radius 3 is 3.07 bits per heavy atom. The lowest BCUT2D eigenvalue weighted by Gasteiger charge is -2.08. The van der Waals surface area contributed by atoms with Gasteiger partial charge < -0.3 is 10.3 Å². The molecule has 1 aromatic carbocycles. The first kappa shape index (κ1) is 9.49. The van der Waals surface area contributed by atoms with Gasteiger partial charge in [0.05, 0.1) is 11.2 Å². The Morgan fingerprint density at radius 1 is 1.57 bits per heavy atom. The van der Waals surface area contributed by atoms with E-state index >= 15 is 0 Å². The van der Waals surface area contributed by atoms with Crippen molar-refractivity contribution in [2.24, 2.45) is 5.73 Å². The molecule has 0 aliphatic carbocycles. The molecule has 0 aliphatic rings. The molecule has 1 aromatic heterocycles. The maximum absolute atomic E-state index is 6.03. The molecule has 0 saturated heterocycles. The summed E-state index contributed by atoms with van der Waals surface area (Å²) in [6.45, 7) is 2.66. The molecule has 0 spiro atoms. The molecule has 0 bridgehead atoms. The Labute approximate surface area is 86.8 Å². The molecule has 3 nitrogen and oxygen atoms in total. The number of hydrogen-bond acceptors (Lipinski definition) is 3. The average molecular weight is 211 g/mol. The zero-order chi connectivity index (χ0) is 10.1. The predicted octanol–water partition coefficient (Wildman–Crippen LogP) is 2.54. The highest BCUT2D eigenvalue weighted by molar-refractivity contribution is 6.34. The quantitative estimate of drug-likeness (QED) is 0.829. The number of fused-ring (bicyclic) bond motifs is 1. The summed E-state index contributed by atoms with van der Waals surface area (Å²) in [6.07, 6.45) is 1.66. The van der Waals surface area contributed by atoms with Crippen LogP contribution >= 0.6 is 11.6 Å². The van der Waals surface area contributed by atoms with Gasteiger partial charge >= 0.3 is 0 Å². The second-order valence-corrected chi connectivity index (χ2v) is 3.79. The van der Waals surface area contributed by atoms with Crippen molar-refractivity contribution in [3.05, 3.63) is 28.9 Å². The molecule has 2 rings (SSSR count). The Bertz CT molecular complexity index is 452. The van der Waals surface area contributed by atoms with Crippen LogP contribution < -0.4 is 5.73 Å². The Hall–Kier alpha value is -1.06. The van der Waals surface area contributed by atoms with Gasteiger partial charge in [0.25, 0.3) is 0 Å². The van der Waals surface area contributed by atoms with E-state index in [0.717, 1.165) is 10.9 Å². The fourth-order valence-electron chi connectivity index (χ4n) is 1.39. The van der Waals surface area contributed by atoms with Gasteiger partial charge in [-0.05, 0) is 30.2 Å². The molecule has 14 heavy (non-hydrogen) atoms. The fraction of sp³-hybridized carbons (Fsp3) is 0.300. The van der Waals surface area contributed by atoms with E-state index in [1.54, 1.807) is 6.20 Å². The van der Waals surface area contributed by atoms with Crippen molar-refractivity contribution >= 4 is 22.6 Å². The van der Waals surface area contributed by atoms with Gasteiger partial charge in [-0.1, -0.05) is 23.7 Å². The molecule has 0 saturated carbocycles. The minimum Gasteiger partial charge on any atom is -0.355 e. The highest BCUT2D eigenvalue weighted by Gasteiger charge is 2.10. The van der Waals surface area contributed by atoms with Gasteiger partial charge in [0, 0.05) is 5.39 Å². The molecule has 74 valence electrons. The first-order valence-corrected chi connectivity index (χ1v) is 4.84. The lowest BCUT2D eigenvalue weighted by atomic mass is 10.0. The second-order valence-electron chi connectivity index (χ2n) is 3.38. The van der Waals surface area contributed by atoms with Crippen molar-refractivity contribution < 1.29 is 4.52 Å². The first-order valence-electron chi connectivity index (χ1n) is 4.46. The van der Waals surface area contributed by atoms with Crippen molar-refractivity contribution in [3.63, 3.8) is 0 Å². The van der Waals surface area contributed by atoms with E-state index in [1.807, 2.05) is 12.1 Å². The average Bonchev–Trinajstić information content (AvgIpc) is 2.64. The molecule has 4 heteroatoms. The van der Waals surface area contributed by atoms with Crippen molar-refractivity contribution in [2.45, 2.75) is 12.8 Å². The SMILES string of the molecule is CC(CN)c1cc(Cl)c2oncc2c1. The third kappa shape index (κ3) is 1.49. The summed E-state index contributed by atoms with van der Waals surface area (Å²) < 4.78 is 5.00. The van der Waals surface area contributed by atoms with Gasteiger partial charge in [0.1, 0.15) is 0 Å². The van der Waals surface area contributed by atoms with Crippen LogP contribution in [0.5, 0.6) is 0 Å². The monoisotopic (exact) mass is 210 g/mol. The van der Waals surface area contributed by atoms with E-state index in [9.17, 15) is 0 Å². The van der Waals surface area contributed by atoms with Gasteiger partial charge in [-0.15, -0.1) is 0 Å². The number of halogens is 1. The van der Waals surface area contributed by atoms with Gasteiger partial charge in [-0.3, -0.25) is 0 Å². The molecule has 0 aliphatic heterocycles. The summed E-state index contributed by atoms with van der Waals surface area (Å²) in [7, 11) is 0. The Kier molecular flexibility index (Phi) is 2.44. The van der Waals surface area contributed by atoms with E-state index in [4.69, 9.17) is 21.9 Å². The maximum Gasteiger partial charge on any atom is 0.185 e. The standard InChI is InChI=1S/C10H11ClN2O/c1-6(4-12)7-2-8-5-13-14-10(8)9(11)3-7/h2-3,5-6H,4,12H2,1H3. The highest BCUT2D eigenvalue weighted by Crippen LogP contribution is 2.28. The Balaban J connectivity index is 2.58. The molecule has 0 amide bonds. The van der Waals surface area contributed by atoms with Gasteiger partial charge in [0.2, 0.25) is 0 Å². The fourth-order valence-corrected chi connectivity index (χ4v) is 1.65. The molecule has 2 aromatic rings. The minimum absolute atomic E-state index is 0.298. The van der Waals surface area contributed by atoms with E-state index in [1.165, 1.54) is 0 Å². The smallest absolute Gasteiger partial charge is 0.185 e. The molecule has 1 unspecified atom stereocenters. The molecule has 0 fully saturated rings. The van der Waals surface area contributed by atoms with Gasteiger partial charge in [-0.25, -0.2) is 0 Å². The van der Waals surface area contributed by atoms with Gasteiger partial charge in [0.15, 0.2) is 5.58 Å². The minimum atomic E-state index is 0.298.